The molecule has 0 aromatic heterocycles. The van der Waals surface area contributed by atoms with Crippen molar-refractivity contribution in [2.45, 2.75) is 6.61 Å². The Morgan fingerprint density at radius 3 is 3.00 bits per heavy atom. The van der Waals surface area contributed by atoms with Crippen LogP contribution < -0.4 is 5.46 Å². The zero-order valence-corrected chi connectivity index (χ0v) is 9.27. The predicted molar refractivity (Wildman–Crippen MR) is 61.1 cm³/mol. The molecule has 1 heterocycles. The second-order valence-electron chi connectivity index (χ2n) is 4.02. The molecule has 0 bridgehead atoms. The van der Waals surface area contributed by atoms with Crippen molar-refractivity contribution in [3.05, 3.63) is 29.8 Å². The van der Waals surface area contributed by atoms with Crippen molar-refractivity contribution < 1.29 is 9.31 Å². The van der Waals surface area contributed by atoms with E-state index in [0.717, 1.165) is 6.54 Å². The Bertz CT molecular complexity index is 330. The lowest BCUT2D eigenvalue weighted by Gasteiger charge is -2.12. The Labute approximate surface area is 91.1 Å². The van der Waals surface area contributed by atoms with Gasteiger partial charge in [0.1, 0.15) is 0 Å². The van der Waals surface area contributed by atoms with Crippen LogP contribution in [0.1, 0.15) is 5.56 Å². The van der Waals surface area contributed by atoms with Crippen molar-refractivity contribution in [2.24, 2.45) is 0 Å². The summed E-state index contributed by atoms with van der Waals surface area (Å²) < 4.78 is 11.2. The van der Waals surface area contributed by atoms with Gasteiger partial charge >= 0.3 is 7.12 Å². The highest BCUT2D eigenvalue weighted by Gasteiger charge is 2.29. The number of likely N-dealkylation sites (N-methyl/N-ethyl adjacent to an activating group) is 1. The number of rotatable bonds is 4. The molecule has 0 N–H and O–H groups in total. The molecule has 0 atom stereocenters. The summed E-state index contributed by atoms with van der Waals surface area (Å²) in [4.78, 5) is 2.10. The summed E-state index contributed by atoms with van der Waals surface area (Å²) in [5.74, 6) is 0. The fourth-order valence-corrected chi connectivity index (χ4v) is 1.63. The summed E-state index contributed by atoms with van der Waals surface area (Å²) in [7, 11) is 3.90. The summed E-state index contributed by atoms with van der Waals surface area (Å²) in [5, 5.41) is 0. The summed E-state index contributed by atoms with van der Waals surface area (Å²) in [6.07, 6.45) is 0. The number of hydrogen-bond donors (Lipinski definition) is 0. The lowest BCUT2D eigenvalue weighted by Crippen LogP contribution is -2.34. The van der Waals surface area contributed by atoms with Gasteiger partial charge in [-0.25, -0.2) is 0 Å². The predicted octanol–water partition coefficient (Wildman–Crippen LogP) is 0.490. The van der Waals surface area contributed by atoms with Crippen molar-refractivity contribution in [1.82, 2.24) is 4.90 Å². The molecule has 4 heteroatoms. The van der Waals surface area contributed by atoms with Gasteiger partial charge in [-0.15, -0.1) is 0 Å². The minimum atomic E-state index is -0.166. The molecule has 0 saturated carbocycles. The molecular weight excluding hydrogens is 189 g/mol. The maximum absolute atomic E-state index is 5.68. The van der Waals surface area contributed by atoms with Crippen LogP contribution in [0.2, 0.25) is 0 Å². The van der Waals surface area contributed by atoms with E-state index in [1.807, 2.05) is 26.2 Å². The topological polar surface area (TPSA) is 21.7 Å². The van der Waals surface area contributed by atoms with Gasteiger partial charge < -0.3 is 14.2 Å². The SMILES string of the molecule is CN(C)CCOB1OCc2ccccc21. The van der Waals surface area contributed by atoms with Crippen molar-refractivity contribution in [3.8, 4) is 0 Å². The van der Waals surface area contributed by atoms with Gasteiger partial charge in [0.15, 0.2) is 0 Å². The van der Waals surface area contributed by atoms with Crippen LogP contribution in [0.15, 0.2) is 24.3 Å². The molecule has 0 radical (unpaired) electrons. The van der Waals surface area contributed by atoms with Crippen LogP contribution in [0.4, 0.5) is 0 Å². The third-order valence-electron chi connectivity index (χ3n) is 2.51. The zero-order chi connectivity index (χ0) is 10.7. The Morgan fingerprint density at radius 2 is 2.20 bits per heavy atom. The molecule has 15 heavy (non-hydrogen) atoms. The average Bonchev–Trinajstić information content (AvgIpc) is 2.62. The molecule has 1 aliphatic heterocycles. The van der Waals surface area contributed by atoms with E-state index in [-0.39, 0.29) is 7.12 Å². The maximum atomic E-state index is 5.68. The van der Waals surface area contributed by atoms with Gasteiger partial charge in [-0.1, -0.05) is 24.3 Å². The van der Waals surface area contributed by atoms with Crippen LogP contribution in [0.5, 0.6) is 0 Å². The zero-order valence-electron chi connectivity index (χ0n) is 9.27. The molecule has 0 amide bonds. The Morgan fingerprint density at radius 1 is 1.40 bits per heavy atom. The first-order valence-electron chi connectivity index (χ1n) is 5.23. The summed E-state index contributed by atoms with van der Waals surface area (Å²) in [6, 6.07) is 8.22. The van der Waals surface area contributed by atoms with Gasteiger partial charge in [0.25, 0.3) is 0 Å². The average molecular weight is 205 g/mol. The van der Waals surface area contributed by atoms with Crippen LogP contribution in [0.3, 0.4) is 0 Å². The van der Waals surface area contributed by atoms with Crippen molar-refractivity contribution in [2.75, 3.05) is 27.2 Å². The highest BCUT2D eigenvalue weighted by Crippen LogP contribution is 2.10. The van der Waals surface area contributed by atoms with E-state index in [1.165, 1.54) is 11.0 Å². The van der Waals surface area contributed by atoms with Crippen LogP contribution in [0.25, 0.3) is 0 Å². The first-order chi connectivity index (χ1) is 7.27. The Kier molecular flexibility index (Phi) is 3.41. The van der Waals surface area contributed by atoms with Crippen molar-refractivity contribution in [3.63, 3.8) is 0 Å². The lowest BCUT2D eigenvalue weighted by atomic mass is 9.79. The van der Waals surface area contributed by atoms with Crippen LogP contribution >= 0.6 is 0 Å². The van der Waals surface area contributed by atoms with E-state index in [2.05, 4.69) is 17.0 Å². The van der Waals surface area contributed by atoms with Crippen LogP contribution in [-0.4, -0.2) is 39.3 Å². The summed E-state index contributed by atoms with van der Waals surface area (Å²) in [6.45, 7) is 2.29. The standard InChI is InChI=1S/C11H16BNO2/c1-13(2)7-8-14-12-11-6-4-3-5-10(11)9-15-12/h3-6H,7-9H2,1-2H3. The second-order valence-corrected chi connectivity index (χ2v) is 4.02. The van der Waals surface area contributed by atoms with Gasteiger partial charge in [-0.05, 0) is 25.1 Å². The fourth-order valence-electron chi connectivity index (χ4n) is 1.63. The first kappa shape index (κ1) is 10.7. The van der Waals surface area contributed by atoms with E-state index >= 15 is 0 Å². The molecule has 3 nitrogen and oxygen atoms in total. The van der Waals surface area contributed by atoms with Gasteiger partial charge in [0, 0.05) is 13.2 Å². The third kappa shape index (κ3) is 2.59. The third-order valence-corrected chi connectivity index (χ3v) is 2.51. The summed E-state index contributed by atoms with van der Waals surface area (Å²) in [5.41, 5.74) is 2.42. The van der Waals surface area contributed by atoms with Gasteiger partial charge in [-0.2, -0.15) is 0 Å². The van der Waals surface area contributed by atoms with Gasteiger partial charge in [0.05, 0.1) is 6.61 Å². The van der Waals surface area contributed by atoms with E-state index in [4.69, 9.17) is 9.31 Å². The van der Waals surface area contributed by atoms with Crippen LogP contribution in [0, 0.1) is 0 Å². The largest absolute Gasteiger partial charge is 0.494 e. The van der Waals surface area contributed by atoms with Gasteiger partial charge in [-0.3, -0.25) is 0 Å². The monoisotopic (exact) mass is 205 g/mol. The Balaban J connectivity index is 1.90. The highest BCUT2D eigenvalue weighted by atomic mass is 16.6. The smallest absolute Gasteiger partial charge is 0.406 e. The fraction of sp³-hybridized carbons (Fsp3) is 0.455. The first-order valence-corrected chi connectivity index (χ1v) is 5.23. The minimum Gasteiger partial charge on any atom is -0.406 e. The number of hydrogen-bond acceptors (Lipinski definition) is 3. The van der Waals surface area contributed by atoms with E-state index < -0.39 is 0 Å². The quantitative estimate of drug-likeness (QED) is 0.667. The summed E-state index contributed by atoms with van der Waals surface area (Å²) >= 11 is 0. The highest BCUT2D eigenvalue weighted by molar-refractivity contribution is 6.62. The van der Waals surface area contributed by atoms with Crippen molar-refractivity contribution in [1.29, 1.82) is 0 Å². The molecule has 0 saturated heterocycles. The van der Waals surface area contributed by atoms with E-state index in [1.54, 1.807) is 0 Å². The number of nitrogens with zero attached hydrogens (tertiary/aromatic N) is 1. The molecule has 0 unspecified atom stereocenters. The molecular formula is C11H16BNO2. The molecule has 0 aliphatic carbocycles. The number of fused-ring (bicyclic) bond motifs is 1. The molecule has 1 aromatic carbocycles. The second kappa shape index (κ2) is 4.79. The maximum Gasteiger partial charge on any atom is 0.494 e. The van der Waals surface area contributed by atoms with Crippen molar-refractivity contribution >= 4 is 12.6 Å². The Hall–Kier alpha value is -0.835. The molecule has 0 spiro atoms. The normalized spacial score (nSPS) is 14.7. The van der Waals surface area contributed by atoms with Crippen LogP contribution in [-0.2, 0) is 15.9 Å². The molecule has 1 aliphatic rings. The number of benzene rings is 1. The lowest BCUT2D eigenvalue weighted by molar-refractivity contribution is 0.193. The molecule has 1 aromatic rings. The molecule has 80 valence electrons. The van der Waals surface area contributed by atoms with Gasteiger partial charge in [0.2, 0.25) is 0 Å². The van der Waals surface area contributed by atoms with E-state index in [0.29, 0.717) is 13.2 Å². The van der Waals surface area contributed by atoms with E-state index in [9.17, 15) is 0 Å². The minimum absolute atomic E-state index is 0.166. The molecule has 0 fully saturated rings. The molecule has 2 rings (SSSR count).